The van der Waals surface area contributed by atoms with E-state index in [1.54, 1.807) is 6.92 Å². The number of nitrogens with one attached hydrogen (secondary N) is 2. The third kappa shape index (κ3) is 5.04. The van der Waals surface area contributed by atoms with Crippen LogP contribution in [-0.2, 0) is 22.4 Å². The number of fused-ring (bicyclic) bond motifs is 1. The SMILES string of the molecule is CC(=O)[C@H](Cc1ccccc1)NC(=O)C[NH+](C)[C@@H]1CCCc2ccccc21. The zero-order chi connectivity index (χ0) is 19.2. The van der Waals surface area contributed by atoms with E-state index >= 15 is 0 Å². The predicted molar refractivity (Wildman–Crippen MR) is 107 cm³/mol. The van der Waals surface area contributed by atoms with Crippen molar-refractivity contribution >= 4 is 11.7 Å². The van der Waals surface area contributed by atoms with E-state index in [4.69, 9.17) is 0 Å². The molecule has 3 atom stereocenters. The van der Waals surface area contributed by atoms with Gasteiger partial charge in [0, 0.05) is 12.0 Å². The van der Waals surface area contributed by atoms with Crippen LogP contribution >= 0.6 is 0 Å². The maximum Gasteiger partial charge on any atom is 0.275 e. The summed E-state index contributed by atoms with van der Waals surface area (Å²) in [6, 6.07) is 18.2. The lowest BCUT2D eigenvalue weighted by atomic mass is 9.87. The number of hydrogen-bond donors (Lipinski definition) is 2. The molecule has 0 fully saturated rings. The molecule has 0 saturated heterocycles. The van der Waals surface area contributed by atoms with Crippen molar-refractivity contribution in [3.8, 4) is 0 Å². The molecule has 4 nitrogen and oxygen atoms in total. The molecule has 1 aliphatic rings. The lowest BCUT2D eigenvalue weighted by Gasteiger charge is -2.30. The highest BCUT2D eigenvalue weighted by Crippen LogP contribution is 2.27. The van der Waals surface area contributed by atoms with Crippen molar-refractivity contribution < 1.29 is 14.5 Å². The van der Waals surface area contributed by atoms with Gasteiger partial charge >= 0.3 is 0 Å². The largest absolute Gasteiger partial charge is 0.341 e. The minimum atomic E-state index is -0.466. The van der Waals surface area contributed by atoms with E-state index < -0.39 is 6.04 Å². The van der Waals surface area contributed by atoms with E-state index in [1.165, 1.54) is 16.0 Å². The van der Waals surface area contributed by atoms with Gasteiger partial charge in [0.25, 0.3) is 5.91 Å². The highest BCUT2D eigenvalue weighted by atomic mass is 16.2. The van der Waals surface area contributed by atoms with E-state index in [-0.39, 0.29) is 11.7 Å². The number of likely N-dealkylation sites (N-methyl/N-ethyl adjacent to an activating group) is 1. The second-order valence-corrected chi connectivity index (χ2v) is 7.59. The van der Waals surface area contributed by atoms with Crippen molar-refractivity contribution in [2.75, 3.05) is 13.6 Å². The first-order valence-electron chi connectivity index (χ1n) is 9.78. The van der Waals surface area contributed by atoms with E-state index in [9.17, 15) is 9.59 Å². The third-order valence-corrected chi connectivity index (χ3v) is 5.51. The van der Waals surface area contributed by atoms with Crippen LogP contribution in [0.1, 0.15) is 42.5 Å². The Morgan fingerprint density at radius 2 is 1.81 bits per heavy atom. The third-order valence-electron chi connectivity index (χ3n) is 5.51. The average molecular weight is 365 g/mol. The second kappa shape index (κ2) is 8.96. The van der Waals surface area contributed by atoms with E-state index in [2.05, 4.69) is 36.6 Å². The minimum absolute atomic E-state index is 0.00660. The molecule has 0 heterocycles. The van der Waals surface area contributed by atoms with Gasteiger partial charge in [-0.3, -0.25) is 9.59 Å². The van der Waals surface area contributed by atoms with Crippen LogP contribution < -0.4 is 10.2 Å². The Kier molecular flexibility index (Phi) is 6.40. The maximum absolute atomic E-state index is 12.6. The molecule has 0 aromatic heterocycles. The lowest BCUT2D eigenvalue weighted by Crippen LogP contribution is -3.10. The van der Waals surface area contributed by atoms with Crippen LogP contribution in [0.15, 0.2) is 54.6 Å². The monoisotopic (exact) mass is 365 g/mol. The van der Waals surface area contributed by atoms with Crippen LogP contribution in [0.3, 0.4) is 0 Å². The molecule has 0 bridgehead atoms. The number of ketones is 1. The number of rotatable bonds is 7. The minimum Gasteiger partial charge on any atom is -0.341 e. The van der Waals surface area contributed by atoms with Gasteiger partial charge in [0.1, 0.15) is 6.04 Å². The van der Waals surface area contributed by atoms with Crippen molar-refractivity contribution in [3.63, 3.8) is 0 Å². The molecule has 1 aliphatic carbocycles. The van der Waals surface area contributed by atoms with Gasteiger partial charge in [0.2, 0.25) is 0 Å². The van der Waals surface area contributed by atoms with E-state index in [0.717, 1.165) is 24.8 Å². The molecule has 27 heavy (non-hydrogen) atoms. The number of carbonyl (C=O) groups is 2. The summed E-state index contributed by atoms with van der Waals surface area (Å²) in [6.07, 6.45) is 3.91. The van der Waals surface area contributed by atoms with Crippen LogP contribution in [-0.4, -0.2) is 31.3 Å². The standard InChI is InChI=1S/C23H28N2O2/c1-17(26)21(15-18-9-4-3-5-10-18)24-23(27)16-25(2)22-14-8-12-19-11-6-7-13-20(19)22/h3-7,9-11,13,21-22H,8,12,14-16H2,1-2H3,(H,24,27)/p+1/t21-,22+/m0/s1. The van der Waals surface area contributed by atoms with Gasteiger partial charge in [-0.15, -0.1) is 0 Å². The number of aryl methyl sites for hydroxylation is 1. The molecule has 2 N–H and O–H groups in total. The number of Topliss-reactive ketones (excluding diaryl/α,β-unsaturated/α-hetero) is 1. The smallest absolute Gasteiger partial charge is 0.275 e. The van der Waals surface area contributed by atoms with Crippen LogP contribution in [0.4, 0.5) is 0 Å². The molecular weight excluding hydrogens is 336 g/mol. The summed E-state index contributed by atoms with van der Waals surface area (Å²) < 4.78 is 0. The Bertz CT molecular complexity index is 788. The number of quaternary nitrogens is 1. The summed E-state index contributed by atoms with van der Waals surface area (Å²) in [4.78, 5) is 25.8. The fourth-order valence-corrected chi connectivity index (χ4v) is 4.03. The molecule has 0 aliphatic heterocycles. The highest BCUT2D eigenvalue weighted by molar-refractivity contribution is 5.88. The molecule has 0 radical (unpaired) electrons. The molecule has 2 aromatic rings. The Hall–Kier alpha value is -2.46. The van der Waals surface area contributed by atoms with E-state index in [1.807, 2.05) is 30.3 Å². The number of hydrogen-bond acceptors (Lipinski definition) is 2. The number of carbonyl (C=O) groups excluding carboxylic acids is 2. The second-order valence-electron chi connectivity index (χ2n) is 7.59. The van der Waals surface area contributed by atoms with Gasteiger partial charge in [0.15, 0.2) is 12.3 Å². The Labute approximate surface area is 161 Å². The van der Waals surface area contributed by atoms with Crippen molar-refractivity contribution in [1.29, 1.82) is 0 Å². The number of benzene rings is 2. The molecule has 1 amide bonds. The molecule has 2 aromatic carbocycles. The lowest BCUT2D eigenvalue weighted by molar-refractivity contribution is -0.905. The molecular formula is C23H29N2O2+. The van der Waals surface area contributed by atoms with Crippen LogP contribution in [0, 0.1) is 0 Å². The van der Waals surface area contributed by atoms with Crippen LogP contribution in [0.2, 0.25) is 0 Å². The van der Waals surface area contributed by atoms with Gasteiger partial charge in [-0.25, -0.2) is 0 Å². The summed E-state index contributed by atoms with van der Waals surface area (Å²) in [5.41, 5.74) is 3.82. The molecule has 3 rings (SSSR count). The molecule has 142 valence electrons. The Balaban J connectivity index is 1.61. The molecule has 0 spiro atoms. The first-order chi connectivity index (χ1) is 13.0. The summed E-state index contributed by atoms with van der Waals surface area (Å²) in [7, 11) is 2.08. The highest BCUT2D eigenvalue weighted by Gasteiger charge is 2.28. The van der Waals surface area contributed by atoms with Crippen LogP contribution in [0.25, 0.3) is 0 Å². The van der Waals surface area contributed by atoms with Gasteiger partial charge < -0.3 is 10.2 Å². The maximum atomic E-state index is 12.6. The zero-order valence-corrected chi connectivity index (χ0v) is 16.2. The van der Waals surface area contributed by atoms with Crippen molar-refractivity contribution in [2.24, 2.45) is 0 Å². The van der Waals surface area contributed by atoms with Crippen molar-refractivity contribution in [3.05, 3.63) is 71.3 Å². The van der Waals surface area contributed by atoms with Gasteiger partial charge in [-0.1, -0.05) is 54.6 Å². The summed E-state index contributed by atoms with van der Waals surface area (Å²) >= 11 is 0. The quantitative estimate of drug-likeness (QED) is 0.787. The summed E-state index contributed by atoms with van der Waals surface area (Å²) in [5, 5.41) is 2.95. The van der Waals surface area contributed by atoms with Crippen molar-refractivity contribution in [1.82, 2.24) is 5.32 Å². The average Bonchev–Trinajstić information content (AvgIpc) is 2.67. The van der Waals surface area contributed by atoms with E-state index in [0.29, 0.717) is 19.0 Å². The van der Waals surface area contributed by atoms with Gasteiger partial charge in [-0.2, -0.15) is 0 Å². The summed E-state index contributed by atoms with van der Waals surface area (Å²) in [5.74, 6) is -0.0699. The normalized spacial score (nSPS) is 18.2. The van der Waals surface area contributed by atoms with Crippen LogP contribution in [0.5, 0.6) is 0 Å². The number of amides is 1. The topological polar surface area (TPSA) is 50.6 Å². The van der Waals surface area contributed by atoms with Crippen molar-refractivity contribution in [2.45, 2.75) is 44.7 Å². The fraction of sp³-hybridized carbons (Fsp3) is 0.391. The first kappa shape index (κ1) is 19.3. The van der Waals surface area contributed by atoms with Gasteiger partial charge in [0.05, 0.1) is 13.1 Å². The Morgan fingerprint density at radius 3 is 2.56 bits per heavy atom. The summed E-state index contributed by atoms with van der Waals surface area (Å²) in [6.45, 7) is 1.92. The molecule has 1 unspecified atom stereocenters. The van der Waals surface area contributed by atoms with Gasteiger partial charge in [-0.05, 0) is 37.3 Å². The zero-order valence-electron chi connectivity index (χ0n) is 16.2. The first-order valence-corrected chi connectivity index (χ1v) is 9.78. The Morgan fingerprint density at radius 1 is 1.11 bits per heavy atom. The molecule has 0 saturated carbocycles. The molecule has 4 heteroatoms. The predicted octanol–water partition coefficient (Wildman–Crippen LogP) is 1.90. The fourth-order valence-electron chi connectivity index (χ4n) is 4.03.